The number of carbonyl (C=O) groups is 1. The number of ether oxygens (including phenoxy) is 1. The Morgan fingerprint density at radius 2 is 1.58 bits per heavy atom. The molecule has 1 heterocycles. The Morgan fingerprint density at radius 1 is 0.939 bits per heavy atom. The van der Waals surface area contributed by atoms with Crippen LogP contribution in [0.3, 0.4) is 0 Å². The van der Waals surface area contributed by atoms with Crippen molar-refractivity contribution in [3.8, 4) is 11.1 Å². The molecule has 1 N–H and O–H groups in total. The van der Waals surface area contributed by atoms with Crippen molar-refractivity contribution in [2.75, 3.05) is 29.4 Å². The summed E-state index contributed by atoms with van der Waals surface area (Å²) in [6, 6.07) is 27.3. The second-order valence-corrected chi connectivity index (χ2v) is 8.79. The number of carbonyl (C=O) groups excluding carboxylic acids is 1. The number of fused-ring (bicyclic) bond motifs is 6. The molecule has 0 saturated heterocycles. The number of alkyl halides is 1. The third kappa shape index (κ3) is 3.33. The van der Waals surface area contributed by atoms with Crippen molar-refractivity contribution in [3.63, 3.8) is 0 Å². The average Bonchev–Trinajstić information content (AvgIpc) is 3.42. The standard InChI is InChI=1S/C28H23ClN2O2/c29-17-31-14-13-24-22-11-5-6-12-23(22)26(15-27(24)31)30-28(32)33-16-25-20-9-3-1-7-18(20)19-8-2-4-10-21(19)25/h1-12,15,25H,13-14,16-17H2,(H,30,32). The normalized spacial score (nSPS) is 14.2. The Balaban J connectivity index is 1.26. The van der Waals surface area contributed by atoms with Gasteiger partial charge >= 0.3 is 6.09 Å². The topological polar surface area (TPSA) is 41.6 Å². The molecular formula is C28H23ClN2O2. The fraction of sp³-hybridized carbons (Fsp3) is 0.179. The van der Waals surface area contributed by atoms with Gasteiger partial charge in [0.25, 0.3) is 0 Å². The van der Waals surface area contributed by atoms with Crippen molar-refractivity contribution in [1.29, 1.82) is 0 Å². The van der Waals surface area contributed by atoms with Gasteiger partial charge in [-0.3, -0.25) is 5.32 Å². The maximum Gasteiger partial charge on any atom is 0.411 e. The van der Waals surface area contributed by atoms with E-state index >= 15 is 0 Å². The molecule has 0 fully saturated rings. The van der Waals surface area contributed by atoms with E-state index in [1.165, 1.54) is 27.8 Å². The number of nitrogens with zero attached hydrogens (tertiary/aromatic N) is 1. The van der Waals surface area contributed by atoms with E-state index in [2.05, 4.69) is 52.7 Å². The highest BCUT2D eigenvalue weighted by atomic mass is 35.5. The number of rotatable bonds is 4. The van der Waals surface area contributed by atoms with E-state index < -0.39 is 6.09 Å². The lowest BCUT2D eigenvalue weighted by atomic mass is 9.98. The molecule has 6 rings (SSSR count). The molecule has 4 aromatic rings. The van der Waals surface area contributed by atoms with Gasteiger partial charge in [-0.15, -0.1) is 11.6 Å². The largest absolute Gasteiger partial charge is 0.448 e. The van der Waals surface area contributed by atoms with E-state index in [-0.39, 0.29) is 12.5 Å². The average molecular weight is 455 g/mol. The Labute approximate surface area is 197 Å². The third-order valence-corrected chi connectivity index (χ3v) is 7.12. The highest BCUT2D eigenvalue weighted by Gasteiger charge is 2.29. The molecule has 2 aliphatic rings. The van der Waals surface area contributed by atoms with Gasteiger partial charge in [0, 0.05) is 23.5 Å². The molecule has 4 nitrogen and oxygen atoms in total. The van der Waals surface area contributed by atoms with Crippen LogP contribution in [0.15, 0.2) is 78.9 Å². The Bertz CT molecular complexity index is 1340. The lowest BCUT2D eigenvalue weighted by Gasteiger charge is -2.19. The van der Waals surface area contributed by atoms with E-state index in [0.29, 0.717) is 6.00 Å². The van der Waals surface area contributed by atoms with Crippen LogP contribution < -0.4 is 10.2 Å². The molecule has 0 aromatic heterocycles. The van der Waals surface area contributed by atoms with Gasteiger partial charge in [-0.05, 0) is 45.7 Å². The first-order valence-electron chi connectivity index (χ1n) is 11.2. The highest BCUT2D eigenvalue weighted by Crippen LogP contribution is 2.44. The molecule has 0 atom stereocenters. The molecule has 0 bridgehead atoms. The van der Waals surface area contributed by atoms with Gasteiger partial charge in [0.15, 0.2) is 0 Å². The number of hydrogen-bond acceptors (Lipinski definition) is 3. The van der Waals surface area contributed by atoms with E-state index in [4.69, 9.17) is 16.3 Å². The summed E-state index contributed by atoms with van der Waals surface area (Å²) in [6.45, 7) is 1.17. The maximum absolute atomic E-state index is 12.9. The lowest BCUT2D eigenvalue weighted by molar-refractivity contribution is 0.158. The van der Waals surface area contributed by atoms with Crippen LogP contribution in [0.25, 0.3) is 21.9 Å². The molecule has 33 heavy (non-hydrogen) atoms. The van der Waals surface area contributed by atoms with Gasteiger partial charge < -0.3 is 9.64 Å². The molecule has 5 heteroatoms. The zero-order chi connectivity index (χ0) is 22.4. The SMILES string of the molecule is O=C(Nc1cc2c(c3ccccc13)CCN2CCl)OCC1c2ccccc2-c2ccccc21. The molecule has 1 aliphatic heterocycles. The van der Waals surface area contributed by atoms with Crippen LogP contribution in [0.5, 0.6) is 0 Å². The van der Waals surface area contributed by atoms with Gasteiger partial charge in [0.1, 0.15) is 6.61 Å². The number of benzene rings is 4. The molecule has 0 spiro atoms. The summed E-state index contributed by atoms with van der Waals surface area (Å²) >= 11 is 6.16. The Morgan fingerprint density at radius 3 is 2.27 bits per heavy atom. The minimum absolute atomic E-state index is 0.0339. The molecule has 1 amide bonds. The van der Waals surface area contributed by atoms with Crippen LogP contribution >= 0.6 is 11.6 Å². The summed E-state index contributed by atoms with van der Waals surface area (Å²) < 4.78 is 5.78. The molecular weight excluding hydrogens is 432 g/mol. The van der Waals surface area contributed by atoms with Gasteiger partial charge in [0.2, 0.25) is 0 Å². The summed E-state index contributed by atoms with van der Waals surface area (Å²) in [5, 5.41) is 5.16. The minimum atomic E-state index is -0.447. The number of amides is 1. The smallest absolute Gasteiger partial charge is 0.411 e. The first-order valence-corrected chi connectivity index (χ1v) is 11.8. The third-order valence-electron chi connectivity index (χ3n) is 6.83. The summed E-state index contributed by atoms with van der Waals surface area (Å²) in [5.41, 5.74) is 7.95. The highest BCUT2D eigenvalue weighted by molar-refractivity contribution is 6.19. The predicted octanol–water partition coefficient (Wildman–Crippen LogP) is 6.76. The molecule has 1 aliphatic carbocycles. The minimum Gasteiger partial charge on any atom is -0.448 e. The van der Waals surface area contributed by atoms with E-state index in [9.17, 15) is 4.79 Å². The van der Waals surface area contributed by atoms with Gasteiger partial charge in [-0.2, -0.15) is 0 Å². The first-order chi connectivity index (χ1) is 16.2. The van der Waals surface area contributed by atoms with Crippen molar-refractivity contribution in [3.05, 3.63) is 95.6 Å². The quantitative estimate of drug-likeness (QED) is 0.273. The zero-order valence-corrected chi connectivity index (χ0v) is 18.8. The number of anilines is 2. The number of nitrogens with one attached hydrogen (secondary N) is 1. The van der Waals surface area contributed by atoms with Crippen molar-refractivity contribution < 1.29 is 9.53 Å². The van der Waals surface area contributed by atoms with Crippen LogP contribution in [0.2, 0.25) is 0 Å². The van der Waals surface area contributed by atoms with Crippen LogP contribution in [0.1, 0.15) is 22.6 Å². The second-order valence-electron chi connectivity index (χ2n) is 8.55. The van der Waals surface area contributed by atoms with E-state index in [1.807, 2.05) is 36.4 Å². The summed E-state index contributed by atoms with van der Waals surface area (Å²) in [5.74, 6) is 0.0339. The van der Waals surface area contributed by atoms with Gasteiger partial charge in [-0.1, -0.05) is 72.8 Å². The summed E-state index contributed by atoms with van der Waals surface area (Å²) in [6.07, 6.45) is 0.505. The fourth-order valence-electron chi connectivity index (χ4n) is 5.30. The second kappa shape index (κ2) is 8.13. The van der Waals surface area contributed by atoms with Crippen LogP contribution in [-0.2, 0) is 11.2 Å². The van der Waals surface area contributed by atoms with Crippen LogP contribution in [-0.4, -0.2) is 25.2 Å². The Kier molecular flexibility index (Phi) is 4.96. The van der Waals surface area contributed by atoms with Crippen molar-refractivity contribution in [1.82, 2.24) is 0 Å². The molecule has 0 saturated carbocycles. The van der Waals surface area contributed by atoms with E-state index in [1.54, 1.807) is 0 Å². The Hall–Kier alpha value is -3.50. The van der Waals surface area contributed by atoms with E-state index in [0.717, 1.165) is 35.1 Å². The van der Waals surface area contributed by atoms with Crippen LogP contribution in [0.4, 0.5) is 16.2 Å². The monoisotopic (exact) mass is 454 g/mol. The first kappa shape index (κ1) is 20.1. The van der Waals surface area contributed by atoms with Crippen molar-refractivity contribution >= 4 is 39.8 Å². The summed E-state index contributed by atoms with van der Waals surface area (Å²) in [7, 11) is 0. The van der Waals surface area contributed by atoms with Gasteiger partial charge in [-0.25, -0.2) is 4.79 Å². The van der Waals surface area contributed by atoms with Crippen LogP contribution in [0, 0.1) is 0 Å². The summed E-state index contributed by atoms with van der Waals surface area (Å²) in [4.78, 5) is 15.0. The molecule has 0 unspecified atom stereocenters. The number of hydrogen-bond donors (Lipinski definition) is 1. The number of halogens is 1. The predicted molar refractivity (Wildman–Crippen MR) is 134 cm³/mol. The fourth-order valence-corrected chi connectivity index (χ4v) is 5.55. The van der Waals surface area contributed by atoms with Crippen molar-refractivity contribution in [2.24, 2.45) is 0 Å². The van der Waals surface area contributed by atoms with Gasteiger partial charge in [0.05, 0.1) is 11.7 Å². The zero-order valence-electron chi connectivity index (χ0n) is 18.1. The molecule has 164 valence electrons. The molecule has 0 radical (unpaired) electrons. The van der Waals surface area contributed by atoms with Crippen molar-refractivity contribution in [2.45, 2.75) is 12.3 Å². The molecule has 4 aromatic carbocycles. The maximum atomic E-state index is 12.9. The lowest BCUT2D eigenvalue weighted by Crippen LogP contribution is -2.19.